The molecule has 0 aliphatic rings. The fourth-order valence-electron chi connectivity index (χ4n) is 0. The van der Waals surface area contributed by atoms with Gasteiger partial charge in [0.25, 0.3) is 0 Å². The maximum atomic E-state index is 7.18. The van der Waals surface area contributed by atoms with Crippen molar-refractivity contribution in [3.05, 3.63) is 0 Å². The molecule has 0 bridgehead atoms. The summed E-state index contributed by atoms with van der Waals surface area (Å²) in [5.41, 5.74) is 0. The Labute approximate surface area is 84.1 Å². The Balaban J connectivity index is -0.00000000333. The van der Waals surface area contributed by atoms with Crippen LogP contribution in [0.15, 0.2) is 0 Å². The van der Waals surface area contributed by atoms with Crippen molar-refractivity contribution >= 4 is 12.6 Å². The minimum absolute atomic E-state index is 0. The van der Waals surface area contributed by atoms with E-state index in [0.717, 1.165) is 0 Å². The van der Waals surface area contributed by atoms with Gasteiger partial charge in [0.05, 0.1) is 0 Å². The first-order valence-electron chi connectivity index (χ1n) is 0.447. The number of hydrogen-bond donors (Lipinski definition) is 1. The summed E-state index contributed by atoms with van der Waals surface area (Å²) < 4.78 is 0. The molecule has 0 rings (SSSR count). The van der Waals surface area contributed by atoms with Crippen LogP contribution in [0.3, 0.4) is 0 Å². The molecule has 0 aliphatic heterocycles. The van der Waals surface area contributed by atoms with E-state index in [0.29, 0.717) is 0 Å². The zero-order valence-electron chi connectivity index (χ0n) is 5.39. The number of nitriles is 1. The molecule has 0 fully saturated rings. The van der Waals surface area contributed by atoms with E-state index in [1.807, 2.05) is 0 Å². The number of rotatable bonds is 0. The van der Waals surface area contributed by atoms with Crippen molar-refractivity contribution in [1.29, 1.82) is 5.26 Å². The van der Waals surface area contributed by atoms with Crippen LogP contribution in [0, 0.1) is 10.7 Å². The quantitative estimate of drug-likeness (QED) is 0.186. The van der Waals surface area contributed by atoms with Crippen molar-refractivity contribution in [1.82, 2.24) is 0 Å². The van der Waals surface area contributed by atoms with Crippen molar-refractivity contribution in [2.75, 3.05) is 0 Å². The van der Waals surface area contributed by atoms with E-state index in [-0.39, 0.29) is 62.0 Å². The van der Waals surface area contributed by atoms with E-state index in [9.17, 15) is 0 Å². The van der Waals surface area contributed by atoms with Gasteiger partial charge in [-0.2, -0.15) is 5.26 Å². The van der Waals surface area contributed by atoms with Crippen molar-refractivity contribution in [2.24, 2.45) is 0 Å². The van der Waals surface area contributed by atoms with Crippen LogP contribution in [0.25, 0.3) is 0 Å². The molecule has 0 radical (unpaired) electrons. The van der Waals surface area contributed by atoms with E-state index in [1.165, 1.54) is 5.40 Å². The molecule has 0 saturated carbocycles. The van der Waals surface area contributed by atoms with Crippen LogP contribution >= 0.6 is 12.6 Å². The molecule has 0 aliphatic carbocycles. The normalized spacial score (nSPS) is 1.60. The number of hydrogen-bond acceptors (Lipinski definition) is 2. The van der Waals surface area contributed by atoms with E-state index in [1.54, 1.807) is 0 Å². The van der Waals surface area contributed by atoms with Crippen molar-refractivity contribution in [3.8, 4) is 5.40 Å². The number of thiocyanates is 1. The van der Waals surface area contributed by atoms with Crippen LogP contribution in [0.2, 0.25) is 0 Å². The molecule has 0 aromatic carbocycles. The monoisotopic (exact) mass is 107 g/mol. The SMILES string of the molecule is N#CS.[H-].[H-].[Na+].[Na+]. The molecule has 0 aromatic heterocycles. The summed E-state index contributed by atoms with van der Waals surface area (Å²) in [6.45, 7) is 0. The Morgan fingerprint density at radius 2 is 1.60 bits per heavy atom. The molecule has 0 N–H and O–H groups in total. The van der Waals surface area contributed by atoms with Gasteiger partial charge in [-0.25, -0.2) is 0 Å². The smallest absolute Gasteiger partial charge is 1.00 e. The standard InChI is InChI=1S/CHNS.2Na.2H/c2-1-3;;;;/h3H;;;;/q;2*+1;2*-1. The van der Waals surface area contributed by atoms with Gasteiger partial charge in [-0.3, -0.25) is 0 Å². The van der Waals surface area contributed by atoms with Gasteiger partial charge in [0.2, 0.25) is 0 Å². The minimum atomic E-state index is 0. The van der Waals surface area contributed by atoms with Gasteiger partial charge < -0.3 is 2.85 Å². The maximum Gasteiger partial charge on any atom is 1.00 e. The molecular formula is CH3NNa2S. The molecule has 0 aromatic rings. The molecule has 0 unspecified atom stereocenters. The second-order valence-electron chi connectivity index (χ2n) is 0.100. The summed E-state index contributed by atoms with van der Waals surface area (Å²) >= 11 is 3.09. The maximum absolute atomic E-state index is 7.18. The number of thiol groups is 1. The predicted octanol–water partition coefficient (Wildman–Crippen LogP) is -5.37. The van der Waals surface area contributed by atoms with Crippen LogP contribution in [0.5, 0.6) is 0 Å². The summed E-state index contributed by atoms with van der Waals surface area (Å²) in [5.74, 6) is 0. The van der Waals surface area contributed by atoms with Gasteiger partial charge >= 0.3 is 59.1 Å². The molecule has 0 atom stereocenters. The summed E-state index contributed by atoms with van der Waals surface area (Å²) in [7, 11) is 0. The molecule has 0 amide bonds. The van der Waals surface area contributed by atoms with E-state index >= 15 is 0 Å². The fourth-order valence-corrected chi connectivity index (χ4v) is 0. The van der Waals surface area contributed by atoms with Crippen LogP contribution in [-0.4, -0.2) is 0 Å². The molecule has 0 saturated heterocycles. The second kappa shape index (κ2) is 17.0. The third-order valence-electron chi connectivity index (χ3n) is 0. The van der Waals surface area contributed by atoms with Crippen LogP contribution in [-0.2, 0) is 0 Å². The third-order valence-corrected chi connectivity index (χ3v) is 0. The summed E-state index contributed by atoms with van der Waals surface area (Å²) in [6, 6.07) is 0. The van der Waals surface area contributed by atoms with Crippen molar-refractivity contribution in [2.45, 2.75) is 0 Å². The van der Waals surface area contributed by atoms with Gasteiger partial charge in [0.1, 0.15) is 5.40 Å². The molecule has 0 spiro atoms. The summed E-state index contributed by atoms with van der Waals surface area (Å²) in [5, 5.41) is 8.63. The average molecular weight is 107 g/mol. The number of nitrogens with zero attached hydrogens (tertiary/aromatic N) is 1. The first kappa shape index (κ1) is 15.8. The molecule has 4 heteroatoms. The van der Waals surface area contributed by atoms with Gasteiger partial charge in [-0.05, 0) is 0 Å². The zero-order valence-corrected chi connectivity index (χ0v) is 8.29. The van der Waals surface area contributed by atoms with E-state index in [2.05, 4.69) is 12.6 Å². The van der Waals surface area contributed by atoms with Gasteiger partial charge in [-0.1, -0.05) is 12.6 Å². The summed E-state index contributed by atoms with van der Waals surface area (Å²) in [4.78, 5) is 0. The average Bonchev–Trinajstić information content (AvgIpc) is 0.918. The van der Waals surface area contributed by atoms with Crippen LogP contribution in [0.1, 0.15) is 2.85 Å². The zero-order chi connectivity index (χ0) is 2.71. The Kier molecular flexibility index (Phi) is 53.7. The second-order valence-corrected chi connectivity index (χ2v) is 0.300. The largest absolute Gasteiger partial charge is 1.00 e. The topological polar surface area (TPSA) is 23.8 Å². The molecular weight excluding hydrogens is 104 g/mol. The van der Waals surface area contributed by atoms with Crippen molar-refractivity contribution in [3.63, 3.8) is 0 Å². The van der Waals surface area contributed by atoms with Gasteiger partial charge in [0, 0.05) is 0 Å². The Bertz CT molecular complexity index is 37.2. The van der Waals surface area contributed by atoms with E-state index in [4.69, 9.17) is 5.26 Å². The van der Waals surface area contributed by atoms with Crippen LogP contribution < -0.4 is 59.1 Å². The fraction of sp³-hybridized carbons (Fsp3) is 0. The molecule has 1 nitrogen and oxygen atoms in total. The van der Waals surface area contributed by atoms with Crippen molar-refractivity contribution < 1.29 is 62.0 Å². The molecule has 5 heavy (non-hydrogen) atoms. The van der Waals surface area contributed by atoms with Gasteiger partial charge in [0.15, 0.2) is 0 Å². The molecule has 0 heterocycles. The summed E-state index contributed by atoms with van der Waals surface area (Å²) in [6.07, 6.45) is 0. The van der Waals surface area contributed by atoms with Crippen LogP contribution in [0.4, 0.5) is 0 Å². The Hall–Kier alpha value is 1.84. The molecule has 20 valence electrons. The minimum Gasteiger partial charge on any atom is -1.00 e. The Morgan fingerprint density at radius 1 is 1.60 bits per heavy atom. The first-order chi connectivity index (χ1) is 1.41. The predicted molar refractivity (Wildman–Crippen MR) is 16.8 cm³/mol. The third kappa shape index (κ3) is 25.4. The van der Waals surface area contributed by atoms with Gasteiger partial charge in [-0.15, -0.1) is 0 Å². The first-order valence-corrected chi connectivity index (χ1v) is 0.894. The Morgan fingerprint density at radius 3 is 1.60 bits per heavy atom. The van der Waals surface area contributed by atoms with E-state index < -0.39 is 0 Å².